The second-order valence-corrected chi connectivity index (χ2v) is 6.73. The molecule has 21 heavy (non-hydrogen) atoms. The van der Waals surface area contributed by atoms with Gasteiger partial charge in [-0.3, -0.25) is 9.59 Å². The fourth-order valence-corrected chi connectivity index (χ4v) is 2.71. The SMILES string of the molecule is CCCCCCCCCCCC[C@H](Br)C(=O)NCC(N)=O. The van der Waals surface area contributed by atoms with Crippen LogP contribution in [-0.2, 0) is 9.59 Å². The van der Waals surface area contributed by atoms with Gasteiger partial charge in [0.1, 0.15) is 0 Å². The summed E-state index contributed by atoms with van der Waals surface area (Å²) in [6.07, 6.45) is 13.7. The predicted octanol–water partition coefficient (Wildman–Crippen LogP) is 3.66. The molecule has 0 saturated carbocycles. The normalized spacial score (nSPS) is 12.1. The van der Waals surface area contributed by atoms with Crippen molar-refractivity contribution in [3.63, 3.8) is 0 Å². The van der Waals surface area contributed by atoms with Crippen LogP contribution in [0.2, 0.25) is 0 Å². The maximum atomic E-state index is 11.6. The predicted molar refractivity (Wildman–Crippen MR) is 91.4 cm³/mol. The molecule has 0 heterocycles. The third kappa shape index (κ3) is 14.1. The van der Waals surface area contributed by atoms with Gasteiger partial charge in [0, 0.05) is 0 Å². The first kappa shape index (κ1) is 20.4. The summed E-state index contributed by atoms with van der Waals surface area (Å²) in [6, 6.07) is 0. The van der Waals surface area contributed by atoms with Crippen molar-refractivity contribution in [3.8, 4) is 0 Å². The van der Waals surface area contributed by atoms with Crippen molar-refractivity contribution in [2.75, 3.05) is 6.54 Å². The Balaban J connectivity index is 3.33. The van der Waals surface area contributed by atoms with Crippen LogP contribution in [0.15, 0.2) is 0 Å². The van der Waals surface area contributed by atoms with Gasteiger partial charge < -0.3 is 11.1 Å². The quantitative estimate of drug-likeness (QED) is 0.365. The highest BCUT2D eigenvalue weighted by molar-refractivity contribution is 9.10. The van der Waals surface area contributed by atoms with Crippen LogP contribution < -0.4 is 11.1 Å². The summed E-state index contributed by atoms with van der Waals surface area (Å²) in [6.45, 7) is 2.16. The second-order valence-electron chi connectivity index (χ2n) is 5.62. The number of hydrogen-bond donors (Lipinski definition) is 2. The number of halogens is 1. The molecule has 124 valence electrons. The zero-order valence-electron chi connectivity index (χ0n) is 13.3. The van der Waals surface area contributed by atoms with Crippen LogP contribution in [0.1, 0.15) is 77.6 Å². The fourth-order valence-electron chi connectivity index (χ4n) is 2.23. The Bertz CT molecular complexity index is 285. The van der Waals surface area contributed by atoms with Gasteiger partial charge in [0.25, 0.3) is 0 Å². The summed E-state index contributed by atoms with van der Waals surface area (Å²) >= 11 is 3.35. The molecule has 4 nitrogen and oxygen atoms in total. The molecule has 1 atom stereocenters. The van der Waals surface area contributed by atoms with Gasteiger partial charge in [-0.05, 0) is 6.42 Å². The molecule has 0 rings (SSSR count). The van der Waals surface area contributed by atoms with Crippen molar-refractivity contribution in [2.24, 2.45) is 5.73 Å². The van der Waals surface area contributed by atoms with E-state index in [2.05, 4.69) is 28.2 Å². The van der Waals surface area contributed by atoms with E-state index in [0.29, 0.717) is 0 Å². The Morgan fingerprint density at radius 3 is 1.90 bits per heavy atom. The lowest BCUT2D eigenvalue weighted by Gasteiger charge is -2.09. The fraction of sp³-hybridized carbons (Fsp3) is 0.875. The van der Waals surface area contributed by atoms with E-state index in [-0.39, 0.29) is 17.3 Å². The zero-order valence-corrected chi connectivity index (χ0v) is 14.9. The van der Waals surface area contributed by atoms with Gasteiger partial charge in [0.15, 0.2) is 0 Å². The molecule has 0 radical (unpaired) electrons. The van der Waals surface area contributed by atoms with E-state index in [1.165, 1.54) is 57.8 Å². The first-order chi connectivity index (χ1) is 10.1. The van der Waals surface area contributed by atoms with Gasteiger partial charge in [-0.25, -0.2) is 0 Å². The molecule has 0 unspecified atom stereocenters. The average molecular weight is 363 g/mol. The molecule has 2 amide bonds. The lowest BCUT2D eigenvalue weighted by molar-refractivity contribution is -0.124. The number of hydrogen-bond acceptors (Lipinski definition) is 2. The van der Waals surface area contributed by atoms with E-state index in [1.807, 2.05) is 0 Å². The molecule has 0 saturated heterocycles. The van der Waals surface area contributed by atoms with Gasteiger partial charge in [-0.15, -0.1) is 0 Å². The van der Waals surface area contributed by atoms with E-state index in [1.54, 1.807) is 0 Å². The van der Waals surface area contributed by atoms with Crippen LogP contribution in [0.4, 0.5) is 0 Å². The molecule has 0 aromatic heterocycles. The molecule has 3 N–H and O–H groups in total. The van der Waals surface area contributed by atoms with Crippen LogP contribution >= 0.6 is 15.9 Å². The first-order valence-corrected chi connectivity index (χ1v) is 9.19. The highest BCUT2D eigenvalue weighted by Crippen LogP contribution is 2.14. The van der Waals surface area contributed by atoms with Crippen LogP contribution in [-0.4, -0.2) is 23.2 Å². The molecule has 0 spiro atoms. The minimum Gasteiger partial charge on any atom is -0.368 e. The average Bonchev–Trinajstić information content (AvgIpc) is 2.46. The Morgan fingerprint density at radius 1 is 0.952 bits per heavy atom. The Morgan fingerprint density at radius 2 is 1.43 bits per heavy atom. The highest BCUT2D eigenvalue weighted by Gasteiger charge is 2.14. The van der Waals surface area contributed by atoms with E-state index >= 15 is 0 Å². The topological polar surface area (TPSA) is 72.2 Å². The highest BCUT2D eigenvalue weighted by atomic mass is 79.9. The van der Waals surface area contributed by atoms with Crippen molar-refractivity contribution in [1.29, 1.82) is 0 Å². The van der Waals surface area contributed by atoms with Crippen LogP contribution in [0.25, 0.3) is 0 Å². The minimum absolute atomic E-state index is 0.0844. The van der Waals surface area contributed by atoms with Crippen molar-refractivity contribution in [1.82, 2.24) is 5.32 Å². The van der Waals surface area contributed by atoms with Crippen LogP contribution in [0.3, 0.4) is 0 Å². The molecule has 0 bridgehead atoms. The number of carbonyl (C=O) groups excluding carboxylic acids is 2. The van der Waals surface area contributed by atoms with E-state index in [9.17, 15) is 9.59 Å². The van der Waals surface area contributed by atoms with Gasteiger partial charge in [0.2, 0.25) is 11.8 Å². The van der Waals surface area contributed by atoms with E-state index in [4.69, 9.17) is 5.73 Å². The number of nitrogens with one attached hydrogen (secondary N) is 1. The Hall–Kier alpha value is -0.580. The van der Waals surface area contributed by atoms with Crippen molar-refractivity contribution in [3.05, 3.63) is 0 Å². The Kier molecular flexibility index (Phi) is 14.0. The summed E-state index contributed by atoms with van der Waals surface area (Å²) in [5.74, 6) is -0.660. The Labute approximate surface area is 137 Å². The minimum atomic E-state index is -0.512. The smallest absolute Gasteiger partial charge is 0.236 e. The maximum absolute atomic E-state index is 11.6. The number of nitrogens with two attached hydrogens (primary N) is 1. The van der Waals surface area contributed by atoms with Crippen molar-refractivity contribution in [2.45, 2.75) is 82.4 Å². The maximum Gasteiger partial charge on any atom is 0.236 e. The summed E-state index contributed by atoms with van der Waals surface area (Å²) in [7, 11) is 0. The lowest BCUT2D eigenvalue weighted by atomic mass is 10.1. The molecule has 0 aromatic rings. The monoisotopic (exact) mass is 362 g/mol. The molecule has 0 fully saturated rings. The molecule has 0 aliphatic heterocycles. The molecule has 0 aromatic carbocycles. The number of amides is 2. The number of carbonyl (C=O) groups is 2. The van der Waals surface area contributed by atoms with E-state index in [0.717, 1.165) is 12.8 Å². The van der Waals surface area contributed by atoms with Crippen LogP contribution in [0.5, 0.6) is 0 Å². The first-order valence-electron chi connectivity index (χ1n) is 8.28. The molecule has 0 aliphatic rings. The van der Waals surface area contributed by atoms with Gasteiger partial charge in [-0.1, -0.05) is 87.1 Å². The standard InChI is InChI=1S/C16H31BrN2O2/c1-2-3-4-5-6-7-8-9-10-11-12-14(17)16(21)19-13-15(18)20/h14H,2-13H2,1H3,(H2,18,20)(H,19,21)/t14-/m0/s1. The zero-order chi connectivity index (χ0) is 15.9. The third-order valence-corrected chi connectivity index (χ3v) is 4.41. The summed E-state index contributed by atoms with van der Waals surface area (Å²) in [5, 5.41) is 2.51. The summed E-state index contributed by atoms with van der Waals surface area (Å²) < 4.78 is 0. The largest absolute Gasteiger partial charge is 0.368 e. The lowest BCUT2D eigenvalue weighted by Crippen LogP contribution is -2.37. The van der Waals surface area contributed by atoms with Gasteiger partial charge in [0.05, 0.1) is 11.4 Å². The van der Waals surface area contributed by atoms with Crippen molar-refractivity contribution < 1.29 is 9.59 Å². The third-order valence-electron chi connectivity index (χ3n) is 3.53. The van der Waals surface area contributed by atoms with Gasteiger partial charge in [-0.2, -0.15) is 0 Å². The molecule has 5 heteroatoms. The second kappa shape index (κ2) is 14.4. The van der Waals surface area contributed by atoms with Crippen LogP contribution in [0, 0.1) is 0 Å². The van der Waals surface area contributed by atoms with Crippen molar-refractivity contribution >= 4 is 27.7 Å². The number of rotatable bonds is 14. The molecular weight excluding hydrogens is 332 g/mol. The number of primary amides is 1. The number of unbranched alkanes of at least 4 members (excludes halogenated alkanes) is 9. The number of alkyl halides is 1. The van der Waals surface area contributed by atoms with Gasteiger partial charge >= 0.3 is 0 Å². The summed E-state index contributed by atoms with van der Waals surface area (Å²) in [4.78, 5) is 21.9. The molecule has 0 aliphatic carbocycles. The summed E-state index contributed by atoms with van der Waals surface area (Å²) in [5.41, 5.74) is 4.98. The van der Waals surface area contributed by atoms with E-state index < -0.39 is 5.91 Å². The molecular formula is C16H31BrN2O2.